The molecule has 3 heterocycles. The van der Waals surface area contributed by atoms with Crippen molar-refractivity contribution in [3.63, 3.8) is 0 Å². The molecule has 0 aliphatic rings. The number of nitrogens with two attached hydrogens (primary N) is 1. The highest BCUT2D eigenvalue weighted by molar-refractivity contribution is 5.96. The Balaban J connectivity index is 0.000000158. The summed E-state index contributed by atoms with van der Waals surface area (Å²) in [6, 6.07) is 28.9. The average Bonchev–Trinajstić information content (AvgIpc) is 3.96. The molecular formula is C44H32F8N8O3. The minimum atomic E-state index is -4.45. The van der Waals surface area contributed by atoms with Crippen LogP contribution >= 0.6 is 0 Å². The molecule has 3 aromatic heterocycles. The van der Waals surface area contributed by atoms with Gasteiger partial charge in [-0.25, -0.2) is 13.8 Å². The number of alkyl halides is 6. The van der Waals surface area contributed by atoms with Crippen molar-refractivity contribution in [2.24, 2.45) is 7.05 Å². The number of hydrogen-bond acceptors (Lipinski definition) is 8. The van der Waals surface area contributed by atoms with Crippen LogP contribution in [0.3, 0.4) is 0 Å². The van der Waals surface area contributed by atoms with E-state index < -0.39 is 35.1 Å². The number of imidazole rings is 1. The van der Waals surface area contributed by atoms with Gasteiger partial charge in [-0.05, 0) is 97.1 Å². The maximum Gasteiger partial charge on any atom is 0.416 e. The standard InChI is InChI=1S/C22H14F4N4O.C14H9FN2O2.C8H9F3N2/c1-30-18-9-6-12(22(24,25)26)10-17(18)27-21(30)20-14-11-13(7-8-16(14)28-29-20)31-19-5-3-2-4-15(19)23;15-11-3-1-2-4-14(11)19-9-5-6-12-10(7-9)13(8-18)17-16-12;1-13-7-3-2-5(4-6(7)12)8(9,10)11/h2-11H,1H3,(H,28,29);1-8H,(H,16,17);2-4,13H,12H2,1H3. The molecule has 0 saturated heterocycles. The topological polar surface area (TPSA) is 149 Å². The lowest BCUT2D eigenvalue weighted by atomic mass is 10.1. The fourth-order valence-corrected chi connectivity index (χ4v) is 6.25. The third-order valence-electron chi connectivity index (χ3n) is 9.40. The molecule has 19 heteroatoms. The molecule has 0 fully saturated rings. The lowest BCUT2D eigenvalue weighted by Gasteiger charge is -2.09. The number of rotatable bonds is 7. The summed E-state index contributed by atoms with van der Waals surface area (Å²) in [5, 5.41) is 17.7. The number of carbonyl (C=O) groups is 1. The average molecular weight is 873 g/mol. The molecule has 0 aliphatic carbocycles. The fourth-order valence-electron chi connectivity index (χ4n) is 6.25. The number of ether oxygens (including phenoxy) is 2. The van der Waals surface area contributed by atoms with Crippen molar-refractivity contribution >= 4 is 50.5 Å². The number of nitrogens with zero attached hydrogens (tertiary/aromatic N) is 4. The Morgan fingerprint density at radius 3 is 1.86 bits per heavy atom. The van der Waals surface area contributed by atoms with E-state index >= 15 is 0 Å². The molecule has 9 aromatic rings. The van der Waals surface area contributed by atoms with Gasteiger partial charge in [0.15, 0.2) is 35.2 Å². The largest absolute Gasteiger partial charge is 0.454 e. The quantitative estimate of drug-likeness (QED) is 0.0703. The fraction of sp³-hybridized carbons (Fsp3) is 0.0909. The zero-order valence-corrected chi connectivity index (χ0v) is 32.7. The number of nitrogen functional groups attached to an aromatic ring is 1. The van der Waals surface area contributed by atoms with E-state index in [1.165, 1.54) is 36.4 Å². The van der Waals surface area contributed by atoms with E-state index in [1.807, 2.05) is 0 Å². The van der Waals surface area contributed by atoms with Gasteiger partial charge in [0.2, 0.25) is 0 Å². The third-order valence-corrected chi connectivity index (χ3v) is 9.40. The summed E-state index contributed by atoms with van der Waals surface area (Å²) in [5.41, 5.74) is 7.36. The highest BCUT2D eigenvalue weighted by atomic mass is 19.4. The van der Waals surface area contributed by atoms with Crippen LogP contribution < -0.4 is 20.5 Å². The van der Waals surface area contributed by atoms with E-state index in [-0.39, 0.29) is 22.7 Å². The van der Waals surface area contributed by atoms with Crippen LogP contribution in [-0.4, -0.2) is 43.3 Å². The number of aldehydes is 1. The first kappa shape index (κ1) is 43.1. The van der Waals surface area contributed by atoms with Gasteiger partial charge in [-0.2, -0.15) is 36.5 Å². The number of benzene rings is 6. The van der Waals surface area contributed by atoms with Gasteiger partial charge in [-0.15, -0.1) is 0 Å². The van der Waals surface area contributed by atoms with Crippen molar-refractivity contribution in [3.05, 3.63) is 150 Å². The van der Waals surface area contributed by atoms with Crippen LogP contribution in [0.15, 0.2) is 121 Å². The van der Waals surface area contributed by atoms with Crippen LogP contribution in [0.1, 0.15) is 21.6 Å². The molecule has 5 N–H and O–H groups in total. The second kappa shape index (κ2) is 17.6. The van der Waals surface area contributed by atoms with Gasteiger partial charge in [0.25, 0.3) is 0 Å². The van der Waals surface area contributed by atoms with Gasteiger partial charge < -0.3 is 25.1 Å². The molecule has 0 radical (unpaired) electrons. The molecule has 0 unspecified atom stereocenters. The Labute approximate surface area is 351 Å². The molecule has 0 amide bonds. The Morgan fingerprint density at radius 1 is 0.683 bits per heavy atom. The zero-order valence-electron chi connectivity index (χ0n) is 32.7. The summed E-state index contributed by atoms with van der Waals surface area (Å²) < 4.78 is 116. The van der Waals surface area contributed by atoms with Crippen molar-refractivity contribution in [1.82, 2.24) is 29.9 Å². The number of nitrogens with one attached hydrogen (secondary N) is 3. The van der Waals surface area contributed by atoms with Crippen LogP contribution in [0, 0.1) is 11.6 Å². The molecule has 322 valence electrons. The van der Waals surface area contributed by atoms with Crippen LogP contribution in [0.2, 0.25) is 0 Å². The number of anilines is 2. The van der Waals surface area contributed by atoms with Gasteiger partial charge in [0.1, 0.15) is 22.9 Å². The van der Waals surface area contributed by atoms with Crippen LogP contribution in [0.4, 0.5) is 46.5 Å². The van der Waals surface area contributed by atoms with E-state index in [4.69, 9.17) is 15.2 Å². The maximum absolute atomic E-state index is 13.9. The van der Waals surface area contributed by atoms with E-state index in [9.17, 15) is 39.9 Å². The number of H-pyrrole nitrogens is 2. The van der Waals surface area contributed by atoms with Crippen LogP contribution in [-0.2, 0) is 19.4 Å². The summed E-state index contributed by atoms with van der Waals surface area (Å²) in [4.78, 5) is 15.2. The summed E-state index contributed by atoms with van der Waals surface area (Å²) in [5.74, 6) is 0.507. The van der Waals surface area contributed by atoms with E-state index in [0.717, 1.165) is 24.3 Å². The molecule has 11 nitrogen and oxygen atoms in total. The zero-order chi connectivity index (χ0) is 45.1. The van der Waals surface area contributed by atoms with Crippen LogP contribution in [0.5, 0.6) is 23.0 Å². The smallest absolute Gasteiger partial charge is 0.416 e. The van der Waals surface area contributed by atoms with Crippen molar-refractivity contribution in [2.75, 3.05) is 18.1 Å². The molecule has 63 heavy (non-hydrogen) atoms. The van der Waals surface area contributed by atoms with E-state index in [2.05, 4.69) is 30.7 Å². The Morgan fingerprint density at radius 2 is 1.27 bits per heavy atom. The summed E-state index contributed by atoms with van der Waals surface area (Å²) in [6.45, 7) is 0. The number of fused-ring (bicyclic) bond motifs is 3. The number of hydrogen-bond donors (Lipinski definition) is 4. The van der Waals surface area contributed by atoms with Crippen molar-refractivity contribution in [2.45, 2.75) is 12.4 Å². The second-order valence-corrected chi connectivity index (χ2v) is 13.5. The number of carbonyl (C=O) groups excluding carboxylic acids is 1. The number of halogens is 8. The van der Waals surface area contributed by atoms with Gasteiger partial charge in [-0.3, -0.25) is 15.0 Å². The molecule has 0 spiro atoms. The van der Waals surface area contributed by atoms with Crippen LogP contribution in [0.25, 0.3) is 44.4 Å². The third kappa shape index (κ3) is 9.51. The lowest BCUT2D eigenvalue weighted by molar-refractivity contribution is -0.138. The summed E-state index contributed by atoms with van der Waals surface area (Å²) in [7, 11) is 3.30. The first-order valence-electron chi connectivity index (χ1n) is 18.5. The Bertz CT molecular complexity index is 3080. The van der Waals surface area contributed by atoms with Gasteiger partial charge in [0, 0.05) is 24.9 Å². The van der Waals surface area contributed by atoms with Gasteiger partial charge >= 0.3 is 12.4 Å². The predicted molar refractivity (Wildman–Crippen MR) is 221 cm³/mol. The molecule has 0 atom stereocenters. The molecular weight excluding hydrogens is 841 g/mol. The van der Waals surface area contributed by atoms with Gasteiger partial charge in [0.05, 0.1) is 44.6 Å². The van der Waals surface area contributed by atoms with Gasteiger partial charge in [-0.1, -0.05) is 24.3 Å². The highest BCUT2D eigenvalue weighted by Gasteiger charge is 2.32. The normalized spacial score (nSPS) is 11.5. The van der Waals surface area contributed by atoms with Crippen molar-refractivity contribution < 1.29 is 49.4 Å². The molecule has 6 aromatic carbocycles. The number of para-hydroxylation sites is 2. The van der Waals surface area contributed by atoms with E-state index in [0.29, 0.717) is 68.0 Å². The minimum Gasteiger partial charge on any atom is -0.454 e. The lowest BCUT2D eigenvalue weighted by Crippen LogP contribution is -2.06. The maximum atomic E-state index is 13.9. The highest BCUT2D eigenvalue weighted by Crippen LogP contribution is 2.36. The summed E-state index contributed by atoms with van der Waals surface area (Å²) in [6.07, 6.45) is -8.10. The Kier molecular flexibility index (Phi) is 12.0. The molecule has 9 rings (SSSR count). The summed E-state index contributed by atoms with van der Waals surface area (Å²) >= 11 is 0. The second-order valence-electron chi connectivity index (χ2n) is 13.5. The van der Waals surface area contributed by atoms with E-state index in [1.54, 1.807) is 79.3 Å². The van der Waals surface area contributed by atoms with Crippen molar-refractivity contribution in [1.29, 1.82) is 0 Å². The first-order valence-corrected chi connectivity index (χ1v) is 18.5. The molecule has 0 aliphatic heterocycles. The predicted octanol–water partition coefficient (Wildman–Crippen LogP) is 11.7. The number of aryl methyl sites for hydroxylation is 1. The molecule has 0 saturated carbocycles. The number of aromatic nitrogens is 6. The molecule has 0 bridgehead atoms. The number of aromatic amines is 2. The Hall–Kier alpha value is -7.96. The van der Waals surface area contributed by atoms with Crippen molar-refractivity contribution in [3.8, 4) is 34.5 Å². The SMILES string of the molecule is CNc1ccc(C(F)(F)F)cc1N.Cn1c(-c2n[nH]c3ccc(Oc4ccccc4F)cc23)nc2cc(C(F)(F)F)ccc21.O=Cc1[nH]nc2ccc(Oc3ccccc3F)cc12. The minimum absolute atomic E-state index is 0.0781. The first-order chi connectivity index (χ1) is 30.0. The monoisotopic (exact) mass is 872 g/mol.